The Hall–Kier alpha value is -2.73. The summed E-state index contributed by atoms with van der Waals surface area (Å²) < 4.78 is 2.23. The van der Waals surface area contributed by atoms with E-state index in [0.29, 0.717) is 6.54 Å². The van der Waals surface area contributed by atoms with E-state index in [1.807, 2.05) is 30.6 Å². The first kappa shape index (κ1) is 17.7. The maximum absolute atomic E-state index is 5.74. The SMILES string of the molecule is Cc1cc([C@@H]2[C@H](c3ccccn3)NC(=S)N2Cc2cccnc2)c(C)n1C. The maximum atomic E-state index is 5.74. The van der Waals surface area contributed by atoms with Crippen LogP contribution < -0.4 is 5.32 Å². The molecule has 0 spiro atoms. The van der Waals surface area contributed by atoms with Crippen LogP contribution in [0.25, 0.3) is 0 Å². The molecular formula is C21H23N5S. The molecule has 1 aliphatic rings. The predicted molar refractivity (Wildman–Crippen MR) is 110 cm³/mol. The lowest BCUT2D eigenvalue weighted by Gasteiger charge is -2.28. The van der Waals surface area contributed by atoms with E-state index in [4.69, 9.17) is 12.2 Å². The zero-order valence-electron chi connectivity index (χ0n) is 15.8. The molecule has 6 heteroatoms. The monoisotopic (exact) mass is 377 g/mol. The zero-order valence-corrected chi connectivity index (χ0v) is 16.6. The fourth-order valence-corrected chi connectivity index (χ4v) is 4.09. The smallest absolute Gasteiger partial charge is 0.170 e. The molecule has 1 fully saturated rings. The van der Waals surface area contributed by atoms with Gasteiger partial charge in [0, 0.05) is 43.6 Å². The van der Waals surface area contributed by atoms with E-state index in [-0.39, 0.29) is 12.1 Å². The Morgan fingerprint density at radius 3 is 2.63 bits per heavy atom. The Labute approximate surface area is 165 Å². The number of hydrogen-bond donors (Lipinski definition) is 1. The number of nitrogens with one attached hydrogen (secondary N) is 1. The maximum Gasteiger partial charge on any atom is 0.170 e. The fourth-order valence-electron chi connectivity index (χ4n) is 3.79. The van der Waals surface area contributed by atoms with Crippen molar-refractivity contribution in [3.8, 4) is 0 Å². The van der Waals surface area contributed by atoms with Crippen molar-refractivity contribution >= 4 is 17.3 Å². The van der Waals surface area contributed by atoms with Gasteiger partial charge in [-0.05, 0) is 61.5 Å². The van der Waals surface area contributed by atoms with Crippen LogP contribution in [0.2, 0.25) is 0 Å². The van der Waals surface area contributed by atoms with Gasteiger partial charge in [-0.3, -0.25) is 9.97 Å². The van der Waals surface area contributed by atoms with Crippen LogP contribution in [0.3, 0.4) is 0 Å². The average molecular weight is 378 g/mol. The molecule has 4 heterocycles. The fraction of sp³-hybridized carbons (Fsp3) is 0.286. The molecule has 1 N–H and O–H groups in total. The molecule has 2 atom stereocenters. The van der Waals surface area contributed by atoms with E-state index < -0.39 is 0 Å². The highest BCUT2D eigenvalue weighted by Crippen LogP contribution is 2.41. The van der Waals surface area contributed by atoms with Crippen molar-refractivity contribution in [3.05, 3.63) is 83.2 Å². The molecule has 138 valence electrons. The first-order chi connectivity index (χ1) is 13.1. The summed E-state index contributed by atoms with van der Waals surface area (Å²) in [6.45, 7) is 5.01. The molecule has 4 rings (SSSR count). The number of aromatic nitrogens is 3. The predicted octanol–water partition coefficient (Wildman–Crippen LogP) is 3.60. The van der Waals surface area contributed by atoms with E-state index in [2.05, 4.69) is 63.8 Å². The van der Waals surface area contributed by atoms with Gasteiger partial charge in [0.25, 0.3) is 0 Å². The summed E-state index contributed by atoms with van der Waals surface area (Å²) in [6.07, 6.45) is 5.53. The van der Waals surface area contributed by atoms with Gasteiger partial charge < -0.3 is 14.8 Å². The number of rotatable bonds is 4. The summed E-state index contributed by atoms with van der Waals surface area (Å²) >= 11 is 5.74. The summed E-state index contributed by atoms with van der Waals surface area (Å²) in [5.74, 6) is 0. The van der Waals surface area contributed by atoms with Gasteiger partial charge in [-0.15, -0.1) is 0 Å². The van der Waals surface area contributed by atoms with Gasteiger partial charge in [0.05, 0.1) is 17.8 Å². The number of aryl methyl sites for hydroxylation is 1. The van der Waals surface area contributed by atoms with Crippen molar-refractivity contribution in [3.63, 3.8) is 0 Å². The van der Waals surface area contributed by atoms with Gasteiger partial charge in [-0.2, -0.15) is 0 Å². The normalized spacial score (nSPS) is 19.4. The van der Waals surface area contributed by atoms with E-state index in [1.165, 1.54) is 17.0 Å². The van der Waals surface area contributed by atoms with Crippen molar-refractivity contribution < 1.29 is 0 Å². The molecule has 0 radical (unpaired) electrons. The highest BCUT2D eigenvalue weighted by atomic mass is 32.1. The molecule has 5 nitrogen and oxygen atoms in total. The summed E-state index contributed by atoms with van der Waals surface area (Å²) in [5.41, 5.74) is 5.91. The van der Waals surface area contributed by atoms with Crippen molar-refractivity contribution in [1.82, 2.24) is 24.8 Å². The van der Waals surface area contributed by atoms with Crippen LogP contribution in [0.4, 0.5) is 0 Å². The zero-order chi connectivity index (χ0) is 19.0. The molecule has 0 aliphatic carbocycles. The van der Waals surface area contributed by atoms with Crippen molar-refractivity contribution in [1.29, 1.82) is 0 Å². The highest BCUT2D eigenvalue weighted by molar-refractivity contribution is 7.80. The molecule has 27 heavy (non-hydrogen) atoms. The van der Waals surface area contributed by atoms with Crippen LogP contribution in [0.5, 0.6) is 0 Å². The Kier molecular flexibility index (Phi) is 4.66. The largest absolute Gasteiger partial charge is 0.352 e. The van der Waals surface area contributed by atoms with Crippen LogP contribution in [-0.2, 0) is 13.6 Å². The molecular weight excluding hydrogens is 354 g/mol. The lowest BCUT2D eigenvalue weighted by Crippen LogP contribution is -2.29. The molecule has 3 aromatic rings. The Bertz CT molecular complexity index is 951. The second-order valence-corrected chi connectivity index (χ2v) is 7.39. The quantitative estimate of drug-likeness (QED) is 0.704. The average Bonchev–Trinajstić information content (AvgIpc) is 3.14. The molecule has 0 saturated carbocycles. The second kappa shape index (κ2) is 7.12. The van der Waals surface area contributed by atoms with E-state index >= 15 is 0 Å². The Balaban J connectivity index is 1.79. The van der Waals surface area contributed by atoms with Crippen LogP contribution in [0.15, 0.2) is 55.0 Å². The van der Waals surface area contributed by atoms with Crippen LogP contribution in [-0.4, -0.2) is 24.5 Å². The van der Waals surface area contributed by atoms with Gasteiger partial charge in [-0.25, -0.2) is 0 Å². The Morgan fingerprint density at radius 1 is 1.15 bits per heavy atom. The van der Waals surface area contributed by atoms with E-state index in [0.717, 1.165) is 16.4 Å². The molecule has 3 aromatic heterocycles. The van der Waals surface area contributed by atoms with Crippen molar-refractivity contribution in [2.75, 3.05) is 0 Å². The number of hydrogen-bond acceptors (Lipinski definition) is 3. The molecule has 0 aromatic carbocycles. The van der Waals surface area contributed by atoms with Gasteiger partial charge in [0.15, 0.2) is 5.11 Å². The van der Waals surface area contributed by atoms with Crippen molar-refractivity contribution in [2.45, 2.75) is 32.5 Å². The minimum Gasteiger partial charge on any atom is -0.352 e. The topological polar surface area (TPSA) is 46.0 Å². The minimum atomic E-state index is 0.0101. The first-order valence-electron chi connectivity index (χ1n) is 9.06. The van der Waals surface area contributed by atoms with Crippen LogP contribution in [0.1, 0.15) is 40.3 Å². The Morgan fingerprint density at radius 2 is 2.00 bits per heavy atom. The van der Waals surface area contributed by atoms with Gasteiger partial charge in [0.1, 0.15) is 0 Å². The van der Waals surface area contributed by atoms with E-state index in [9.17, 15) is 0 Å². The standard InChI is InChI=1S/C21H23N5S/c1-14-11-17(15(2)25(14)3)20-19(18-8-4-5-10-23-18)24-21(27)26(20)13-16-7-6-9-22-12-16/h4-12,19-20H,13H2,1-3H3,(H,24,27)/t19-,20+/m0/s1. The number of nitrogens with zero attached hydrogens (tertiary/aromatic N) is 4. The second-order valence-electron chi connectivity index (χ2n) is 7.00. The lowest BCUT2D eigenvalue weighted by molar-refractivity contribution is 0.309. The molecule has 0 bridgehead atoms. The van der Waals surface area contributed by atoms with Crippen LogP contribution >= 0.6 is 12.2 Å². The van der Waals surface area contributed by atoms with Crippen LogP contribution in [0, 0.1) is 13.8 Å². The molecule has 0 unspecified atom stereocenters. The summed E-state index contributed by atoms with van der Waals surface area (Å²) in [7, 11) is 2.11. The molecule has 0 amide bonds. The minimum absolute atomic E-state index is 0.0101. The third kappa shape index (κ3) is 3.21. The highest BCUT2D eigenvalue weighted by Gasteiger charge is 2.41. The lowest BCUT2D eigenvalue weighted by atomic mass is 9.96. The van der Waals surface area contributed by atoms with Gasteiger partial charge in [0.2, 0.25) is 0 Å². The first-order valence-corrected chi connectivity index (χ1v) is 9.47. The van der Waals surface area contributed by atoms with E-state index in [1.54, 1.807) is 6.20 Å². The summed E-state index contributed by atoms with van der Waals surface area (Å²) in [5, 5.41) is 4.26. The molecule has 1 aliphatic heterocycles. The van der Waals surface area contributed by atoms with Gasteiger partial charge >= 0.3 is 0 Å². The number of thiocarbonyl (C=S) groups is 1. The number of pyridine rings is 2. The summed E-state index contributed by atoms with van der Waals surface area (Å²) in [6, 6.07) is 12.4. The van der Waals surface area contributed by atoms with Gasteiger partial charge in [-0.1, -0.05) is 12.1 Å². The van der Waals surface area contributed by atoms with Crippen molar-refractivity contribution in [2.24, 2.45) is 7.05 Å². The summed E-state index contributed by atoms with van der Waals surface area (Å²) in [4.78, 5) is 11.1. The third-order valence-electron chi connectivity index (χ3n) is 5.41. The third-order valence-corrected chi connectivity index (χ3v) is 5.76. The molecule has 1 saturated heterocycles.